The molecule has 3 heteroatoms. The molecule has 0 aliphatic carbocycles. The zero-order valence-electron chi connectivity index (χ0n) is 12.6. The van der Waals surface area contributed by atoms with E-state index >= 15 is 0 Å². The number of ether oxygens (including phenoxy) is 1. The molecule has 0 radical (unpaired) electrons. The van der Waals surface area contributed by atoms with Crippen LogP contribution in [0.1, 0.15) is 44.9 Å². The molecule has 0 aromatic heterocycles. The number of hydrogen-bond donors (Lipinski definition) is 1. The van der Waals surface area contributed by atoms with E-state index in [9.17, 15) is 4.79 Å². The Morgan fingerprint density at radius 1 is 1.21 bits per heavy atom. The monoisotopic (exact) mass is 263 g/mol. The van der Waals surface area contributed by atoms with Crippen LogP contribution in [0.5, 0.6) is 0 Å². The Labute approximate surface area is 116 Å². The minimum absolute atomic E-state index is 0.0771. The van der Waals surface area contributed by atoms with Gasteiger partial charge in [-0.1, -0.05) is 38.1 Å². The van der Waals surface area contributed by atoms with Crippen molar-refractivity contribution < 1.29 is 9.53 Å². The highest BCUT2D eigenvalue weighted by Gasteiger charge is 2.22. The molecule has 3 nitrogen and oxygen atoms in total. The molecule has 0 amide bonds. The number of benzene rings is 1. The van der Waals surface area contributed by atoms with E-state index in [4.69, 9.17) is 4.74 Å². The van der Waals surface area contributed by atoms with Gasteiger partial charge in [-0.05, 0) is 31.4 Å². The Morgan fingerprint density at radius 3 is 2.26 bits per heavy atom. The van der Waals surface area contributed by atoms with Crippen LogP contribution < -0.4 is 5.32 Å². The van der Waals surface area contributed by atoms with Gasteiger partial charge in [0.25, 0.3) is 0 Å². The molecule has 1 N–H and O–H groups in total. The molecule has 0 fully saturated rings. The number of rotatable bonds is 6. The number of hydrogen-bond acceptors (Lipinski definition) is 3. The minimum Gasteiger partial charge on any atom is -0.469 e. The first-order chi connectivity index (χ1) is 8.99. The molecule has 0 saturated carbocycles. The van der Waals surface area contributed by atoms with Crippen LogP contribution in [-0.4, -0.2) is 19.1 Å². The molecule has 0 bridgehead atoms. The molecule has 1 aromatic carbocycles. The number of methoxy groups -OCH3 is 1. The van der Waals surface area contributed by atoms with E-state index in [0.717, 1.165) is 6.42 Å². The van der Waals surface area contributed by atoms with Gasteiger partial charge in [0.1, 0.15) is 0 Å². The Bertz CT molecular complexity index is 400. The minimum atomic E-state index is -0.173. The Hall–Kier alpha value is -1.35. The number of nitrogens with one attached hydrogen (secondary N) is 1. The van der Waals surface area contributed by atoms with E-state index in [1.165, 1.54) is 18.2 Å². The van der Waals surface area contributed by atoms with E-state index in [2.05, 4.69) is 43.4 Å². The van der Waals surface area contributed by atoms with Crippen LogP contribution in [0.2, 0.25) is 0 Å². The predicted octanol–water partition coefficient (Wildman–Crippen LogP) is 3.10. The molecule has 0 aliphatic rings. The van der Waals surface area contributed by atoms with E-state index in [1.807, 2.05) is 13.8 Å². The van der Waals surface area contributed by atoms with E-state index < -0.39 is 0 Å². The summed E-state index contributed by atoms with van der Waals surface area (Å²) >= 11 is 0. The third kappa shape index (κ3) is 4.35. The van der Waals surface area contributed by atoms with Crippen LogP contribution in [0, 0.1) is 5.92 Å². The lowest BCUT2D eigenvalue weighted by atomic mass is 10.00. The van der Waals surface area contributed by atoms with Crippen molar-refractivity contribution in [3.63, 3.8) is 0 Å². The SMILES string of the molecule is CCc1ccc(C(C)NC(C)C(C)C(=O)OC)cc1. The van der Waals surface area contributed by atoms with E-state index in [0.29, 0.717) is 0 Å². The first-order valence-electron chi connectivity index (χ1n) is 6.92. The average molecular weight is 263 g/mol. The highest BCUT2D eigenvalue weighted by molar-refractivity contribution is 5.72. The topological polar surface area (TPSA) is 38.3 Å². The summed E-state index contributed by atoms with van der Waals surface area (Å²) in [6.45, 7) is 8.16. The summed E-state index contributed by atoms with van der Waals surface area (Å²) in [5, 5.41) is 3.45. The Balaban J connectivity index is 2.62. The highest BCUT2D eigenvalue weighted by Crippen LogP contribution is 2.16. The van der Waals surface area contributed by atoms with Crippen molar-refractivity contribution in [3.8, 4) is 0 Å². The van der Waals surface area contributed by atoms with Crippen molar-refractivity contribution in [3.05, 3.63) is 35.4 Å². The molecule has 106 valence electrons. The van der Waals surface area contributed by atoms with Crippen molar-refractivity contribution >= 4 is 5.97 Å². The molecule has 1 rings (SSSR count). The summed E-state index contributed by atoms with van der Waals surface area (Å²) in [4.78, 5) is 11.5. The standard InChI is InChI=1S/C16H25NO2/c1-6-14-7-9-15(10-8-14)13(4)17-12(3)11(2)16(18)19-5/h7-13,17H,6H2,1-5H3. The molecule has 0 spiro atoms. The molecule has 0 saturated heterocycles. The fourth-order valence-corrected chi connectivity index (χ4v) is 2.07. The summed E-state index contributed by atoms with van der Waals surface area (Å²) in [6.07, 6.45) is 1.05. The maximum atomic E-state index is 11.5. The maximum absolute atomic E-state index is 11.5. The average Bonchev–Trinajstić information content (AvgIpc) is 2.45. The van der Waals surface area contributed by atoms with Crippen molar-refractivity contribution in [2.75, 3.05) is 7.11 Å². The lowest BCUT2D eigenvalue weighted by Gasteiger charge is -2.24. The normalized spacial score (nSPS) is 15.6. The zero-order valence-corrected chi connectivity index (χ0v) is 12.6. The first kappa shape index (κ1) is 15.7. The van der Waals surface area contributed by atoms with Gasteiger partial charge >= 0.3 is 5.97 Å². The number of carbonyl (C=O) groups excluding carboxylic acids is 1. The third-order valence-electron chi connectivity index (χ3n) is 3.72. The summed E-state index contributed by atoms with van der Waals surface area (Å²) in [6, 6.07) is 8.89. The lowest BCUT2D eigenvalue weighted by Crippen LogP contribution is -2.38. The first-order valence-corrected chi connectivity index (χ1v) is 6.92. The van der Waals surface area contributed by atoms with Crippen molar-refractivity contribution in [1.82, 2.24) is 5.32 Å². The smallest absolute Gasteiger partial charge is 0.309 e. The largest absolute Gasteiger partial charge is 0.469 e. The van der Waals surface area contributed by atoms with Gasteiger partial charge in [0.05, 0.1) is 13.0 Å². The molecule has 0 aliphatic heterocycles. The Morgan fingerprint density at radius 2 is 1.79 bits per heavy atom. The molecule has 19 heavy (non-hydrogen) atoms. The maximum Gasteiger partial charge on any atom is 0.309 e. The zero-order chi connectivity index (χ0) is 14.4. The highest BCUT2D eigenvalue weighted by atomic mass is 16.5. The van der Waals surface area contributed by atoms with Crippen LogP contribution >= 0.6 is 0 Å². The summed E-state index contributed by atoms with van der Waals surface area (Å²) < 4.78 is 4.77. The van der Waals surface area contributed by atoms with Crippen molar-refractivity contribution in [2.24, 2.45) is 5.92 Å². The van der Waals surface area contributed by atoms with Gasteiger partial charge in [0, 0.05) is 12.1 Å². The van der Waals surface area contributed by atoms with E-state index in [1.54, 1.807) is 0 Å². The summed E-state index contributed by atoms with van der Waals surface area (Å²) in [5.74, 6) is -0.323. The fraction of sp³-hybridized carbons (Fsp3) is 0.562. The molecule has 3 atom stereocenters. The summed E-state index contributed by atoms with van der Waals surface area (Å²) in [7, 11) is 1.43. The van der Waals surface area contributed by atoms with Crippen molar-refractivity contribution in [1.29, 1.82) is 0 Å². The number of aryl methyl sites for hydroxylation is 1. The second-order valence-corrected chi connectivity index (χ2v) is 5.08. The van der Waals surface area contributed by atoms with Crippen LogP contribution in [0.3, 0.4) is 0 Å². The van der Waals surface area contributed by atoms with Crippen molar-refractivity contribution in [2.45, 2.75) is 46.2 Å². The van der Waals surface area contributed by atoms with Gasteiger partial charge < -0.3 is 10.1 Å². The third-order valence-corrected chi connectivity index (χ3v) is 3.72. The molecule has 3 unspecified atom stereocenters. The second-order valence-electron chi connectivity index (χ2n) is 5.08. The number of esters is 1. The second kappa shape index (κ2) is 7.29. The lowest BCUT2D eigenvalue weighted by molar-refractivity contribution is -0.145. The summed E-state index contributed by atoms with van der Waals surface area (Å²) in [5.41, 5.74) is 2.58. The molecule has 1 aromatic rings. The van der Waals surface area contributed by atoms with Gasteiger partial charge in [-0.25, -0.2) is 0 Å². The van der Waals surface area contributed by atoms with Gasteiger partial charge in [-0.3, -0.25) is 4.79 Å². The van der Waals surface area contributed by atoms with Crippen LogP contribution in [-0.2, 0) is 16.0 Å². The van der Waals surface area contributed by atoms with Gasteiger partial charge in [-0.2, -0.15) is 0 Å². The van der Waals surface area contributed by atoms with E-state index in [-0.39, 0.29) is 24.0 Å². The number of carbonyl (C=O) groups is 1. The molecular formula is C16H25NO2. The van der Waals surface area contributed by atoms with Gasteiger partial charge in [-0.15, -0.1) is 0 Å². The van der Waals surface area contributed by atoms with Gasteiger partial charge in [0.2, 0.25) is 0 Å². The quantitative estimate of drug-likeness (QED) is 0.801. The molecular weight excluding hydrogens is 238 g/mol. The van der Waals surface area contributed by atoms with Crippen LogP contribution in [0.15, 0.2) is 24.3 Å². The van der Waals surface area contributed by atoms with Crippen LogP contribution in [0.25, 0.3) is 0 Å². The Kier molecular flexibility index (Phi) is 6.03. The predicted molar refractivity (Wildman–Crippen MR) is 78.0 cm³/mol. The van der Waals surface area contributed by atoms with Gasteiger partial charge in [0.15, 0.2) is 0 Å². The molecule has 0 heterocycles. The van der Waals surface area contributed by atoms with Crippen LogP contribution in [0.4, 0.5) is 0 Å². The fourth-order valence-electron chi connectivity index (χ4n) is 2.07.